The van der Waals surface area contributed by atoms with Crippen LogP contribution in [0.1, 0.15) is 0 Å². The van der Waals surface area contributed by atoms with Gasteiger partial charge in [-0.05, 0) is 0 Å². The molecular formula is C54H30B2N2O3Se. The van der Waals surface area contributed by atoms with Gasteiger partial charge in [0.2, 0.25) is 0 Å². The molecule has 5 nitrogen and oxygen atoms in total. The molecule has 62 heavy (non-hydrogen) atoms. The van der Waals surface area contributed by atoms with Crippen molar-refractivity contribution < 1.29 is 13.6 Å². The number of hydrogen-bond acceptors (Lipinski definition) is 5. The van der Waals surface area contributed by atoms with Crippen molar-refractivity contribution >= 4 is 148 Å². The molecule has 4 aliphatic rings. The van der Waals surface area contributed by atoms with Crippen LogP contribution >= 0.6 is 0 Å². The van der Waals surface area contributed by atoms with E-state index < -0.39 is 0 Å². The summed E-state index contributed by atoms with van der Waals surface area (Å²) >= 11 is -0.0511. The number of rotatable bonds is 2. The Morgan fingerprint density at radius 3 is 1.68 bits per heavy atom. The molecule has 2 aromatic heterocycles. The molecule has 6 heterocycles. The van der Waals surface area contributed by atoms with Gasteiger partial charge in [0.1, 0.15) is 0 Å². The predicted molar refractivity (Wildman–Crippen MR) is 258 cm³/mol. The Morgan fingerprint density at radius 2 is 0.968 bits per heavy atom. The van der Waals surface area contributed by atoms with Crippen molar-refractivity contribution in [3.8, 4) is 11.5 Å². The summed E-state index contributed by atoms with van der Waals surface area (Å²) in [5, 5.41) is 4.39. The van der Waals surface area contributed by atoms with Crippen LogP contribution in [0, 0.1) is 0 Å². The Bertz CT molecular complexity index is 3730. The van der Waals surface area contributed by atoms with Gasteiger partial charge in [-0.1, -0.05) is 0 Å². The molecule has 4 aliphatic heterocycles. The summed E-state index contributed by atoms with van der Waals surface area (Å²) in [6.45, 7) is -0.0671. The van der Waals surface area contributed by atoms with Crippen molar-refractivity contribution in [3.63, 3.8) is 0 Å². The molecule has 0 saturated carbocycles. The molecule has 11 aromatic rings. The van der Waals surface area contributed by atoms with Crippen LogP contribution in [-0.4, -0.2) is 28.4 Å². The number of furan rings is 2. The third-order valence-electron chi connectivity index (χ3n) is 13.5. The van der Waals surface area contributed by atoms with E-state index in [0.29, 0.717) is 0 Å². The van der Waals surface area contributed by atoms with Gasteiger partial charge < -0.3 is 0 Å². The average Bonchev–Trinajstić information content (AvgIpc) is 3.89. The molecule has 0 saturated heterocycles. The molecule has 0 bridgehead atoms. The fourth-order valence-electron chi connectivity index (χ4n) is 11.1. The summed E-state index contributed by atoms with van der Waals surface area (Å²) in [4.78, 5) is 4.89. The maximum atomic E-state index is 7.41. The van der Waals surface area contributed by atoms with Gasteiger partial charge in [0.25, 0.3) is 0 Å². The average molecular weight is 855 g/mol. The van der Waals surface area contributed by atoms with E-state index in [1.165, 1.54) is 58.5 Å². The van der Waals surface area contributed by atoms with Gasteiger partial charge in [-0.3, -0.25) is 0 Å². The van der Waals surface area contributed by atoms with Crippen molar-refractivity contribution in [1.82, 2.24) is 0 Å². The van der Waals surface area contributed by atoms with Crippen molar-refractivity contribution in [2.45, 2.75) is 0 Å². The second-order valence-electron chi connectivity index (χ2n) is 16.7. The molecule has 9 aromatic carbocycles. The second kappa shape index (κ2) is 12.1. The van der Waals surface area contributed by atoms with E-state index >= 15 is 0 Å². The van der Waals surface area contributed by atoms with Crippen LogP contribution in [0.4, 0.5) is 34.1 Å². The molecule has 15 rings (SSSR count). The molecule has 286 valence electrons. The molecule has 0 N–H and O–H groups in total. The first kappa shape index (κ1) is 33.4. The Hall–Kier alpha value is -7.37. The van der Waals surface area contributed by atoms with Gasteiger partial charge in [-0.15, -0.1) is 0 Å². The number of para-hydroxylation sites is 6. The van der Waals surface area contributed by atoms with E-state index in [1.54, 1.807) is 0 Å². The Morgan fingerprint density at radius 1 is 0.403 bits per heavy atom. The standard InChI is InChI=1S/C54H30B2N2O3Se/c1-3-15-31(16-4-1)57-39-23-11-9-21-35(39)55-37-27-38-47(29-44(37)61-54-50-34-20-8-14-26-43(34)59-45(50)28-41(57)51(54)55)62-48-30-46-49(33-19-7-13-25-42(33)60-46)53-52(48)56(38)36-22-10-12-24-40(36)58(53)32-17-5-2-6-18-32/h1-30H. The molecular weight excluding hydrogens is 825 g/mol. The summed E-state index contributed by atoms with van der Waals surface area (Å²) in [5.41, 5.74) is 18.1. The van der Waals surface area contributed by atoms with E-state index in [9.17, 15) is 0 Å². The molecule has 0 amide bonds. The van der Waals surface area contributed by atoms with Gasteiger partial charge in [0, 0.05) is 0 Å². The zero-order chi connectivity index (χ0) is 40.2. The summed E-state index contributed by atoms with van der Waals surface area (Å²) in [7, 11) is 0. The maximum absolute atomic E-state index is 7.41. The SMILES string of the molecule is c1ccc(N2c3ccccc3B3c4cc5c(cc4Oc4c3c2cc2oc3ccccc3c42)[Se]c2cc3oc4ccccc4c3c3c2B5c2ccccc2N3c2ccccc2)cc1. The van der Waals surface area contributed by atoms with Crippen LogP contribution in [0.3, 0.4) is 0 Å². The van der Waals surface area contributed by atoms with Crippen molar-refractivity contribution in [1.29, 1.82) is 0 Å². The van der Waals surface area contributed by atoms with Crippen molar-refractivity contribution in [2.24, 2.45) is 0 Å². The van der Waals surface area contributed by atoms with Crippen molar-refractivity contribution in [2.75, 3.05) is 9.80 Å². The Balaban J connectivity index is 1.03. The van der Waals surface area contributed by atoms with Crippen LogP contribution < -0.4 is 56.2 Å². The normalized spacial score (nSPS) is 14.1. The fraction of sp³-hybridized carbons (Fsp3) is 0. The molecule has 0 atom stereocenters. The van der Waals surface area contributed by atoms with E-state index in [1.807, 2.05) is 6.07 Å². The summed E-state index contributed by atoms with van der Waals surface area (Å²) in [6.07, 6.45) is 0. The monoisotopic (exact) mass is 856 g/mol. The number of benzene rings is 9. The quantitative estimate of drug-likeness (QED) is 0.164. The van der Waals surface area contributed by atoms with Gasteiger partial charge in [-0.25, -0.2) is 0 Å². The minimum absolute atomic E-state index is 0.00552. The first-order chi connectivity index (χ1) is 30.8. The number of hydrogen-bond donors (Lipinski definition) is 0. The second-order valence-corrected chi connectivity index (χ2v) is 18.9. The van der Waals surface area contributed by atoms with E-state index in [-0.39, 0.29) is 28.4 Å². The summed E-state index contributed by atoms with van der Waals surface area (Å²) in [5.74, 6) is 1.80. The molecule has 0 unspecified atom stereocenters. The fourth-order valence-corrected chi connectivity index (χ4v) is 13.6. The molecule has 0 aliphatic carbocycles. The first-order valence-corrected chi connectivity index (χ1v) is 22.9. The van der Waals surface area contributed by atoms with Crippen LogP contribution in [0.2, 0.25) is 0 Å². The first-order valence-electron chi connectivity index (χ1n) is 21.1. The summed E-state index contributed by atoms with van der Waals surface area (Å²) < 4.78 is 23.5. The predicted octanol–water partition coefficient (Wildman–Crippen LogP) is 8.16. The number of fused-ring (bicyclic) bond motifs is 16. The third-order valence-corrected chi connectivity index (χ3v) is 15.9. The minimum atomic E-state index is -0.0726. The number of anilines is 6. The van der Waals surface area contributed by atoms with Gasteiger partial charge in [0.05, 0.1) is 0 Å². The third kappa shape index (κ3) is 4.30. The zero-order valence-electron chi connectivity index (χ0n) is 33.0. The zero-order valence-corrected chi connectivity index (χ0v) is 34.7. The Labute approximate surface area is 363 Å². The van der Waals surface area contributed by atoms with E-state index in [2.05, 4.69) is 186 Å². The number of ether oxygens (including phenoxy) is 1. The summed E-state index contributed by atoms with van der Waals surface area (Å²) in [6, 6.07) is 65.9. The molecule has 0 fully saturated rings. The van der Waals surface area contributed by atoms with Gasteiger partial charge >= 0.3 is 365 Å². The van der Waals surface area contributed by atoms with Crippen LogP contribution in [0.25, 0.3) is 43.9 Å². The van der Waals surface area contributed by atoms with Crippen LogP contribution in [-0.2, 0) is 0 Å². The number of nitrogens with zero attached hydrogens (tertiary/aromatic N) is 2. The van der Waals surface area contributed by atoms with Gasteiger partial charge in [-0.2, -0.15) is 0 Å². The van der Waals surface area contributed by atoms with E-state index in [4.69, 9.17) is 13.6 Å². The van der Waals surface area contributed by atoms with Crippen LogP contribution in [0.15, 0.2) is 191 Å². The molecule has 8 heteroatoms. The van der Waals surface area contributed by atoms with Crippen molar-refractivity contribution in [3.05, 3.63) is 182 Å². The van der Waals surface area contributed by atoms with Crippen LogP contribution in [0.5, 0.6) is 11.5 Å². The van der Waals surface area contributed by atoms with Gasteiger partial charge in [0.15, 0.2) is 0 Å². The van der Waals surface area contributed by atoms with E-state index in [0.717, 1.165) is 72.7 Å². The molecule has 0 radical (unpaired) electrons. The topological polar surface area (TPSA) is 42.0 Å². The molecule has 0 spiro atoms. The Kier molecular flexibility index (Phi) is 6.53.